The number of nitrogens with zero attached hydrogens (tertiary/aromatic N) is 3. The standard InChI is InChI=1S/C16H13N3O5/c1-22-12-6-5-10(16(20)21)8-13(12)23-9-14-18-15(19-24-14)11-4-2-3-7-17-11/h2-8H,9H2,1H3,(H,20,21). The number of carboxylic acid groups (broad SMARTS) is 1. The number of methoxy groups -OCH3 is 1. The van der Waals surface area contributed by atoms with E-state index in [1.54, 1.807) is 18.3 Å². The molecular weight excluding hydrogens is 314 g/mol. The van der Waals surface area contributed by atoms with Gasteiger partial charge >= 0.3 is 5.97 Å². The van der Waals surface area contributed by atoms with E-state index in [1.165, 1.54) is 25.3 Å². The smallest absolute Gasteiger partial charge is 0.335 e. The monoisotopic (exact) mass is 327 g/mol. The highest BCUT2D eigenvalue weighted by Gasteiger charge is 2.13. The van der Waals surface area contributed by atoms with E-state index in [9.17, 15) is 4.79 Å². The second-order valence-corrected chi connectivity index (χ2v) is 4.69. The number of hydrogen-bond acceptors (Lipinski definition) is 7. The van der Waals surface area contributed by atoms with E-state index in [4.69, 9.17) is 19.1 Å². The maximum Gasteiger partial charge on any atom is 0.335 e. The van der Waals surface area contributed by atoms with Crippen LogP contribution in [0.3, 0.4) is 0 Å². The second-order valence-electron chi connectivity index (χ2n) is 4.69. The van der Waals surface area contributed by atoms with Crippen molar-refractivity contribution in [2.24, 2.45) is 0 Å². The first-order valence-corrected chi connectivity index (χ1v) is 6.95. The van der Waals surface area contributed by atoms with Crippen LogP contribution in [0.25, 0.3) is 11.5 Å². The van der Waals surface area contributed by atoms with E-state index >= 15 is 0 Å². The summed E-state index contributed by atoms with van der Waals surface area (Å²) >= 11 is 0. The Morgan fingerprint density at radius 2 is 2.12 bits per heavy atom. The zero-order valence-electron chi connectivity index (χ0n) is 12.7. The number of ether oxygens (including phenoxy) is 2. The molecule has 2 heterocycles. The molecule has 1 aromatic carbocycles. The van der Waals surface area contributed by atoms with E-state index in [1.807, 2.05) is 6.07 Å². The lowest BCUT2D eigenvalue weighted by Gasteiger charge is -2.09. The van der Waals surface area contributed by atoms with Crippen LogP contribution < -0.4 is 9.47 Å². The van der Waals surface area contributed by atoms with E-state index in [2.05, 4.69) is 15.1 Å². The van der Waals surface area contributed by atoms with E-state index in [-0.39, 0.29) is 23.8 Å². The maximum absolute atomic E-state index is 11.0. The minimum atomic E-state index is -1.06. The molecule has 122 valence electrons. The third-order valence-corrected chi connectivity index (χ3v) is 3.12. The van der Waals surface area contributed by atoms with Crippen molar-refractivity contribution in [3.05, 3.63) is 54.0 Å². The number of hydrogen-bond donors (Lipinski definition) is 1. The fourth-order valence-electron chi connectivity index (χ4n) is 1.97. The molecule has 24 heavy (non-hydrogen) atoms. The SMILES string of the molecule is COc1ccc(C(=O)O)cc1OCc1nc(-c2ccccn2)no1. The normalized spacial score (nSPS) is 10.4. The Morgan fingerprint density at radius 3 is 2.83 bits per heavy atom. The van der Waals surface area contributed by atoms with Gasteiger partial charge in [0.1, 0.15) is 5.69 Å². The Morgan fingerprint density at radius 1 is 1.25 bits per heavy atom. The van der Waals surface area contributed by atoms with Crippen molar-refractivity contribution >= 4 is 5.97 Å². The Balaban J connectivity index is 1.75. The van der Waals surface area contributed by atoms with Gasteiger partial charge in [0.2, 0.25) is 5.82 Å². The lowest BCUT2D eigenvalue weighted by Crippen LogP contribution is -2.01. The quantitative estimate of drug-likeness (QED) is 0.735. The van der Waals surface area contributed by atoms with Gasteiger partial charge in [-0.1, -0.05) is 11.2 Å². The predicted octanol–water partition coefficient (Wildman–Crippen LogP) is 2.42. The summed E-state index contributed by atoms with van der Waals surface area (Å²) in [6, 6.07) is 9.68. The molecule has 0 aliphatic heterocycles. The van der Waals surface area contributed by atoms with Crippen molar-refractivity contribution in [3.63, 3.8) is 0 Å². The maximum atomic E-state index is 11.0. The Bertz CT molecular complexity index is 848. The first-order valence-electron chi connectivity index (χ1n) is 6.95. The molecule has 0 aliphatic carbocycles. The first kappa shape index (κ1) is 15.5. The molecule has 0 atom stereocenters. The fraction of sp³-hybridized carbons (Fsp3) is 0.125. The number of carbonyl (C=O) groups is 1. The molecule has 0 spiro atoms. The van der Waals surface area contributed by atoms with Crippen LogP contribution in [0.15, 0.2) is 47.1 Å². The van der Waals surface area contributed by atoms with Crippen molar-refractivity contribution in [2.45, 2.75) is 6.61 Å². The summed E-state index contributed by atoms with van der Waals surface area (Å²) in [4.78, 5) is 19.4. The van der Waals surface area contributed by atoms with Crippen LogP contribution in [0.5, 0.6) is 11.5 Å². The molecule has 3 aromatic rings. The summed E-state index contributed by atoms with van der Waals surface area (Å²) < 4.78 is 15.8. The minimum absolute atomic E-state index is 0.0285. The summed E-state index contributed by atoms with van der Waals surface area (Å²) in [6.07, 6.45) is 1.63. The first-order chi connectivity index (χ1) is 11.7. The van der Waals surface area contributed by atoms with Gasteiger partial charge in [-0.25, -0.2) is 4.79 Å². The van der Waals surface area contributed by atoms with Gasteiger partial charge in [0.05, 0.1) is 12.7 Å². The number of benzene rings is 1. The molecule has 0 radical (unpaired) electrons. The number of rotatable bonds is 6. The van der Waals surface area contributed by atoms with Crippen molar-refractivity contribution < 1.29 is 23.9 Å². The molecule has 0 bridgehead atoms. The summed E-state index contributed by atoms with van der Waals surface area (Å²) in [5, 5.41) is 12.9. The lowest BCUT2D eigenvalue weighted by atomic mass is 10.2. The number of aromatic carboxylic acids is 1. The van der Waals surface area contributed by atoms with Crippen LogP contribution >= 0.6 is 0 Å². The fourth-order valence-corrected chi connectivity index (χ4v) is 1.97. The molecule has 0 fully saturated rings. The van der Waals surface area contributed by atoms with E-state index in [0.29, 0.717) is 17.3 Å². The summed E-state index contributed by atoms with van der Waals surface area (Å²) in [5.74, 6) is 0.205. The molecule has 1 N–H and O–H groups in total. The third kappa shape index (κ3) is 3.32. The molecule has 0 saturated heterocycles. The molecule has 0 amide bonds. The summed E-state index contributed by atoms with van der Waals surface area (Å²) in [5.41, 5.74) is 0.670. The highest BCUT2D eigenvalue weighted by atomic mass is 16.5. The van der Waals surface area contributed by atoms with Crippen LogP contribution in [0.1, 0.15) is 16.2 Å². The molecular formula is C16H13N3O5. The lowest BCUT2D eigenvalue weighted by molar-refractivity contribution is 0.0696. The predicted molar refractivity (Wildman–Crippen MR) is 81.8 cm³/mol. The Hall–Kier alpha value is -3.42. The summed E-state index contributed by atoms with van der Waals surface area (Å²) in [7, 11) is 1.47. The van der Waals surface area contributed by atoms with Gasteiger partial charge in [-0.2, -0.15) is 4.98 Å². The molecule has 2 aromatic heterocycles. The zero-order valence-corrected chi connectivity index (χ0v) is 12.7. The van der Waals surface area contributed by atoms with E-state index < -0.39 is 5.97 Å². The minimum Gasteiger partial charge on any atom is -0.493 e. The number of pyridine rings is 1. The van der Waals surface area contributed by atoms with Gasteiger partial charge in [-0.3, -0.25) is 4.98 Å². The highest BCUT2D eigenvalue weighted by Crippen LogP contribution is 2.29. The molecule has 3 rings (SSSR count). The molecule has 0 aliphatic rings. The van der Waals surface area contributed by atoms with E-state index in [0.717, 1.165) is 0 Å². The Kier molecular flexibility index (Phi) is 4.37. The van der Waals surface area contributed by atoms with Crippen LogP contribution in [0.4, 0.5) is 0 Å². The van der Waals surface area contributed by atoms with Crippen LogP contribution in [-0.4, -0.2) is 33.3 Å². The largest absolute Gasteiger partial charge is 0.493 e. The summed E-state index contributed by atoms with van der Waals surface area (Å²) in [6.45, 7) is -0.0285. The molecule has 0 unspecified atom stereocenters. The van der Waals surface area contributed by atoms with Gasteiger partial charge < -0.3 is 19.1 Å². The average Bonchev–Trinajstić information content (AvgIpc) is 3.09. The highest BCUT2D eigenvalue weighted by molar-refractivity contribution is 5.88. The topological polar surface area (TPSA) is 108 Å². The molecule has 8 heteroatoms. The van der Waals surface area contributed by atoms with Gasteiger partial charge in [0.25, 0.3) is 5.89 Å². The van der Waals surface area contributed by atoms with Gasteiger partial charge in [-0.15, -0.1) is 0 Å². The molecule has 0 saturated carbocycles. The van der Waals surface area contributed by atoms with Gasteiger partial charge in [-0.05, 0) is 30.3 Å². The van der Waals surface area contributed by atoms with Crippen LogP contribution in [0, 0.1) is 0 Å². The van der Waals surface area contributed by atoms with Gasteiger partial charge in [0.15, 0.2) is 18.1 Å². The van der Waals surface area contributed by atoms with Crippen LogP contribution in [0.2, 0.25) is 0 Å². The second kappa shape index (κ2) is 6.78. The van der Waals surface area contributed by atoms with Crippen molar-refractivity contribution in [3.8, 4) is 23.0 Å². The van der Waals surface area contributed by atoms with Crippen molar-refractivity contribution in [1.82, 2.24) is 15.1 Å². The molecule has 8 nitrogen and oxygen atoms in total. The average molecular weight is 327 g/mol. The third-order valence-electron chi connectivity index (χ3n) is 3.12. The van der Waals surface area contributed by atoms with Crippen LogP contribution in [-0.2, 0) is 6.61 Å². The van der Waals surface area contributed by atoms with Gasteiger partial charge in [0, 0.05) is 6.20 Å². The number of carboxylic acids is 1. The Labute approximate surface area is 136 Å². The number of aromatic nitrogens is 3. The zero-order chi connectivity index (χ0) is 16.9. The van der Waals surface area contributed by atoms with Crippen molar-refractivity contribution in [1.29, 1.82) is 0 Å². The van der Waals surface area contributed by atoms with Crippen molar-refractivity contribution in [2.75, 3.05) is 7.11 Å².